The van der Waals surface area contributed by atoms with E-state index in [9.17, 15) is 0 Å². The second-order valence-electron chi connectivity index (χ2n) is 4.28. The largest absolute Gasteiger partial charge is 0.493 e. The molecule has 88 valence electrons. The minimum absolute atomic E-state index is 0.443. The van der Waals surface area contributed by atoms with E-state index >= 15 is 0 Å². The number of hydrogen-bond acceptors (Lipinski definition) is 2. The molecule has 2 unspecified atom stereocenters. The molecule has 1 aromatic carbocycles. The SMILES string of the molecule is COc1cc2c(cc1OC)C(Br)CCC2C. The van der Waals surface area contributed by atoms with Crippen molar-refractivity contribution in [1.29, 1.82) is 0 Å². The molecule has 0 bridgehead atoms. The van der Waals surface area contributed by atoms with Crippen molar-refractivity contribution in [2.24, 2.45) is 0 Å². The van der Waals surface area contributed by atoms with Crippen LogP contribution in [0.1, 0.15) is 41.6 Å². The molecule has 1 aliphatic rings. The summed E-state index contributed by atoms with van der Waals surface area (Å²) in [5.41, 5.74) is 2.72. The summed E-state index contributed by atoms with van der Waals surface area (Å²) < 4.78 is 10.7. The van der Waals surface area contributed by atoms with E-state index < -0.39 is 0 Å². The standard InChI is InChI=1S/C13H17BrO2/c1-8-4-5-11(14)10-7-13(16-3)12(15-2)6-9(8)10/h6-8,11H,4-5H2,1-3H3. The maximum absolute atomic E-state index is 5.35. The first-order valence-electron chi connectivity index (χ1n) is 5.57. The summed E-state index contributed by atoms with van der Waals surface area (Å²) in [6, 6.07) is 4.22. The number of alkyl halides is 1. The normalized spacial score (nSPS) is 23.8. The summed E-state index contributed by atoms with van der Waals surface area (Å²) >= 11 is 3.73. The average molecular weight is 285 g/mol. The number of methoxy groups -OCH3 is 2. The average Bonchev–Trinajstić information content (AvgIpc) is 2.32. The minimum atomic E-state index is 0.443. The van der Waals surface area contributed by atoms with Gasteiger partial charge >= 0.3 is 0 Å². The van der Waals surface area contributed by atoms with Gasteiger partial charge in [-0.3, -0.25) is 0 Å². The third kappa shape index (κ3) is 1.93. The predicted molar refractivity (Wildman–Crippen MR) is 68.9 cm³/mol. The monoisotopic (exact) mass is 284 g/mol. The van der Waals surface area contributed by atoms with Crippen LogP contribution in [0.2, 0.25) is 0 Å². The molecule has 2 rings (SSSR count). The van der Waals surface area contributed by atoms with Gasteiger partial charge in [-0.15, -0.1) is 0 Å². The van der Waals surface area contributed by atoms with Gasteiger partial charge in [-0.2, -0.15) is 0 Å². The van der Waals surface area contributed by atoms with Gasteiger partial charge in [0.2, 0.25) is 0 Å². The zero-order chi connectivity index (χ0) is 11.7. The van der Waals surface area contributed by atoms with Crippen molar-refractivity contribution in [1.82, 2.24) is 0 Å². The first kappa shape index (κ1) is 11.8. The molecule has 0 radical (unpaired) electrons. The van der Waals surface area contributed by atoms with E-state index in [1.54, 1.807) is 14.2 Å². The molecule has 0 aromatic heterocycles. The topological polar surface area (TPSA) is 18.5 Å². The highest BCUT2D eigenvalue weighted by atomic mass is 79.9. The van der Waals surface area contributed by atoms with Crippen molar-refractivity contribution in [3.8, 4) is 11.5 Å². The molecule has 0 saturated carbocycles. The third-order valence-corrected chi connectivity index (χ3v) is 4.26. The molecular weight excluding hydrogens is 268 g/mol. The fourth-order valence-electron chi connectivity index (χ4n) is 2.32. The van der Waals surface area contributed by atoms with Gasteiger partial charge in [-0.05, 0) is 42.0 Å². The maximum atomic E-state index is 5.35. The van der Waals surface area contributed by atoms with Gasteiger partial charge in [0.25, 0.3) is 0 Å². The molecular formula is C13H17BrO2. The lowest BCUT2D eigenvalue weighted by Crippen LogP contribution is -2.09. The van der Waals surface area contributed by atoms with Crippen molar-refractivity contribution in [2.45, 2.75) is 30.5 Å². The van der Waals surface area contributed by atoms with Crippen molar-refractivity contribution in [2.75, 3.05) is 14.2 Å². The van der Waals surface area contributed by atoms with E-state index in [4.69, 9.17) is 9.47 Å². The molecule has 0 aliphatic heterocycles. The van der Waals surface area contributed by atoms with Crippen molar-refractivity contribution >= 4 is 15.9 Å². The lowest BCUT2D eigenvalue weighted by Gasteiger charge is -2.27. The fourth-order valence-corrected chi connectivity index (χ4v) is 2.98. The first-order chi connectivity index (χ1) is 7.67. The number of ether oxygens (including phenoxy) is 2. The van der Waals surface area contributed by atoms with Gasteiger partial charge < -0.3 is 9.47 Å². The van der Waals surface area contributed by atoms with Crippen molar-refractivity contribution < 1.29 is 9.47 Å². The second kappa shape index (κ2) is 4.66. The molecule has 16 heavy (non-hydrogen) atoms. The van der Waals surface area contributed by atoms with Gasteiger partial charge in [0.05, 0.1) is 14.2 Å². The zero-order valence-electron chi connectivity index (χ0n) is 9.92. The Kier molecular flexibility index (Phi) is 3.43. The van der Waals surface area contributed by atoms with Crippen LogP contribution in [0.25, 0.3) is 0 Å². The molecule has 2 atom stereocenters. The Labute approximate surface area is 105 Å². The predicted octanol–water partition coefficient (Wildman–Crippen LogP) is 4.04. The number of fused-ring (bicyclic) bond motifs is 1. The van der Waals surface area contributed by atoms with Gasteiger partial charge in [-0.25, -0.2) is 0 Å². The van der Waals surface area contributed by atoms with Crippen molar-refractivity contribution in [3.05, 3.63) is 23.3 Å². The number of benzene rings is 1. The summed E-state index contributed by atoms with van der Waals surface area (Å²) in [5, 5.41) is 0. The molecule has 0 saturated heterocycles. The summed E-state index contributed by atoms with van der Waals surface area (Å²) in [7, 11) is 3.36. The van der Waals surface area contributed by atoms with Crippen LogP contribution in [0, 0.1) is 0 Å². The van der Waals surface area contributed by atoms with Crippen LogP contribution in [-0.2, 0) is 0 Å². The molecule has 1 aromatic rings. The van der Waals surface area contributed by atoms with Crippen LogP contribution in [-0.4, -0.2) is 14.2 Å². The van der Waals surface area contributed by atoms with Gasteiger partial charge in [0.1, 0.15) is 0 Å². The molecule has 0 fully saturated rings. The fraction of sp³-hybridized carbons (Fsp3) is 0.538. The molecule has 0 N–H and O–H groups in total. The number of hydrogen-bond donors (Lipinski definition) is 0. The molecule has 2 nitrogen and oxygen atoms in total. The Morgan fingerprint density at radius 3 is 2.19 bits per heavy atom. The van der Waals surface area contributed by atoms with Crippen LogP contribution in [0.5, 0.6) is 11.5 Å². The number of rotatable bonds is 2. The van der Waals surface area contributed by atoms with E-state index in [1.165, 1.54) is 24.0 Å². The van der Waals surface area contributed by atoms with E-state index in [-0.39, 0.29) is 0 Å². The third-order valence-electron chi connectivity index (χ3n) is 3.31. The second-order valence-corrected chi connectivity index (χ2v) is 5.39. The molecule has 3 heteroatoms. The molecule has 0 spiro atoms. The van der Waals surface area contributed by atoms with E-state index in [0.717, 1.165) is 11.5 Å². The summed E-state index contributed by atoms with van der Waals surface area (Å²) in [6.45, 7) is 2.27. The van der Waals surface area contributed by atoms with Gasteiger partial charge in [0.15, 0.2) is 11.5 Å². The highest BCUT2D eigenvalue weighted by Crippen LogP contribution is 2.45. The zero-order valence-corrected chi connectivity index (χ0v) is 11.5. The van der Waals surface area contributed by atoms with Crippen LogP contribution in [0.3, 0.4) is 0 Å². The Balaban J connectivity index is 2.53. The lowest BCUT2D eigenvalue weighted by atomic mass is 9.83. The molecule has 0 amide bonds. The van der Waals surface area contributed by atoms with Crippen LogP contribution < -0.4 is 9.47 Å². The lowest BCUT2D eigenvalue weighted by molar-refractivity contribution is 0.353. The maximum Gasteiger partial charge on any atom is 0.161 e. The Morgan fingerprint density at radius 2 is 1.62 bits per heavy atom. The highest BCUT2D eigenvalue weighted by Gasteiger charge is 2.25. The van der Waals surface area contributed by atoms with Crippen molar-refractivity contribution in [3.63, 3.8) is 0 Å². The minimum Gasteiger partial charge on any atom is -0.493 e. The van der Waals surface area contributed by atoms with E-state index in [1.807, 2.05) is 0 Å². The Hall–Kier alpha value is -0.700. The Bertz CT molecular complexity index is 353. The molecule has 1 aliphatic carbocycles. The van der Waals surface area contributed by atoms with E-state index in [0.29, 0.717) is 10.7 Å². The first-order valence-corrected chi connectivity index (χ1v) is 6.48. The Morgan fingerprint density at radius 1 is 1.06 bits per heavy atom. The van der Waals surface area contributed by atoms with Crippen LogP contribution >= 0.6 is 15.9 Å². The summed E-state index contributed by atoms with van der Waals surface area (Å²) in [4.78, 5) is 0.443. The van der Waals surface area contributed by atoms with Gasteiger partial charge in [-0.1, -0.05) is 22.9 Å². The summed E-state index contributed by atoms with van der Waals surface area (Å²) in [6.07, 6.45) is 2.40. The highest BCUT2D eigenvalue weighted by molar-refractivity contribution is 9.09. The quantitative estimate of drug-likeness (QED) is 0.764. The van der Waals surface area contributed by atoms with E-state index in [2.05, 4.69) is 35.0 Å². The van der Waals surface area contributed by atoms with Crippen LogP contribution in [0.4, 0.5) is 0 Å². The number of halogens is 1. The van der Waals surface area contributed by atoms with Gasteiger partial charge in [0, 0.05) is 4.83 Å². The smallest absolute Gasteiger partial charge is 0.161 e. The van der Waals surface area contributed by atoms with Crippen LogP contribution in [0.15, 0.2) is 12.1 Å². The molecule has 0 heterocycles. The summed E-state index contributed by atoms with van der Waals surface area (Å²) in [5.74, 6) is 2.25.